The predicted molar refractivity (Wildman–Crippen MR) is 86.6 cm³/mol. The maximum atomic E-state index is 4.44. The smallest absolute Gasteiger partial charge is 0.191 e. The Bertz CT molecular complexity index is 372. The van der Waals surface area contributed by atoms with Gasteiger partial charge in [0.15, 0.2) is 5.96 Å². The van der Waals surface area contributed by atoms with Gasteiger partial charge < -0.3 is 10.6 Å². The van der Waals surface area contributed by atoms with Gasteiger partial charge >= 0.3 is 0 Å². The molecule has 0 aliphatic heterocycles. The van der Waals surface area contributed by atoms with Crippen molar-refractivity contribution >= 4 is 29.9 Å². The van der Waals surface area contributed by atoms with Crippen molar-refractivity contribution in [2.45, 2.75) is 20.4 Å². The van der Waals surface area contributed by atoms with Crippen molar-refractivity contribution in [3.63, 3.8) is 0 Å². The standard InChI is InChI=1S/C12H21N5.HI/c1-4-6-14-12(13-5-2)15-7-8-17-10-11(3)9-16-17;/h4,9-10H,1,5-8H2,2-3H3,(H2,13,14,15);1H. The molecule has 0 radical (unpaired) electrons. The molecule has 0 saturated carbocycles. The SMILES string of the molecule is C=CCNC(=NCCn1cc(C)cn1)NCC.I. The Labute approximate surface area is 126 Å². The Morgan fingerprint density at radius 3 is 2.89 bits per heavy atom. The second-order valence-electron chi connectivity index (χ2n) is 3.71. The first-order valence-corrected chi connectivity index (χ1v) is 5.88. The minimum Gasteiger partial charge on any atom is -0.357 e. The molecule has 2 N–H and O–H groups in total. The third-order valence-corrected chi connectivity index (χ3v) is 2.12. The third-order valence-electron chi connectivity index (χ3n) is 2.12. The van der Waals surface area contributed by atoms with Crippen LogP contribution in [0.2, 0.25) is 0 Å². The van der Waals surface area contributed by atoms with Crippen LogP contribution in [0.1, 0.15) is 12.5 Å². The number of hydrogen-bond donors (Lipinski definition) is 2. The molecule has 18 heavy (non-hydrogen) atoms. The molecule has 1 heterocycles. The van der Waals surface area contributed by atoms with E-state index >= 15 is 0 Å². The highest BCUT2D eigenvalue weighted by molar-refractivity contribution is 14.0. The molecular weight excluding hydrogens is 341 g/mol. The first-order valence-electron chi connectivity index (χ1n) is 5.88. The van der Waals surface area contributed by atoms with Crippen molar-refractivity contribution < 1.29 is 0 Å². The van der Waals surface area contributed by atoms with Crippen molar-refractivity contribution in [2.75, 3.05) is 19.6 Å². The van der Waals surface area contributed by atoms with Gasteiger partial charge in [-0.2, -0.15) is 5.10 Å². The van der Waals surface area contributed by atoms with Gasteiger partial charge in [-0.25, -0.2) is 0 Å². The molecule has 1 aromatic rings. The van der Waals surface area contributed by atoms with Gasteiger partial charge in [-0.1, -0.05) is 6.08 Å². The highest BCUT2D eigenvalue weighted by Gasteiger charge is 1.95. The predicted octanol–water partition coefficient (Wildman–Crippen LogP) is 1.55. The van der Waals surface area contributed by atoms with E-state index in [1.807, 2.05) is 37.0 Å². The maximum Gasteiger partial charge on any atom is 0.191 e. The zero-order chi connectivity index (χ0) is 12.5. The minimum atomic E-state index is 0. The summed E-state index contributed by atoms with van der Waals surface area (Å²) in [5, 5.41) is 10.5. The van der Waals surface area contributed by atoms with Crippen LogP contribution in [0, 0.1) is 6.92 Å². The van der Waals surface area contributed by atoms with E-state index in [0.717, 1.165) is 19.0 Å². The summed E-state index contributed by atoms with van der Waals surface area (Å²) in [6.07, 6.45) is 5.67. The van der Waals surface area contributed by atoms with Crippen LogP contribution in [-0.2, 0) is 6.54 Å². The van der Waals surface area contributed by atoms with E-state index < -0.39 is 0 Å². The summed E-state index contributed by atoms with van der Waals surface area (Å²) >= 11 is 0. The Balaban J connectivity index is 0.00000289. The number of aromatic nitrogens is 2. The monoisotopic (exact) mass is 363 g/mol. The van der Waals surface area contributed by atoms with Gasteiger partial charge in [0.2, 0.25) is 0 Å². The van der Waals surface area contributed by atoms with Crippen LogP contribution in [0.4, 0.5) is 0 Å². The Morgan fingerprint density at radius 2 is 2.33 bits per heavy atom. The third kappa shape index (κ3) is 6.63. The number of aliphatic imine (C=N–C) groups is 1. The Morgan fingerprint density at radius 1 is 1.56 bits per heavy atom. The molecule has 0 saturated heterocycles. The highest BCUT2D eigenvalue weighted by Crippen LogP contribution is 1.93. The number of guanidine groups is 1. The lowest BCUT2D eigenvalue weighted by Crippen LogP contribution is -2.37. The number of nitrogens with zero attached hydrogens (tertiary/aromatic N) is 3. The Hall–Kier alpha value is -1.05. The second kappa shape index (κ2) is 9.93. The molecule has 5 nitrogen and oxygen atoms in total. The molecule has 102 valence electrons. The summed E-state index contributed by atoms with van der Waals surface area (Å²) in [6.45, 7) is 10.8. The molecule has 1 aromatic heterocycles. The lowest BCUT2D eigenvalue weighted by molar-refractivity contribution is 0.622. The van der Waals surface area contributed by atoms with Gasteiger partial charge in [0.1, 0.15) is 0 Å². The zero-order valence-electron chi connectivity index (χ0n) is 11.0. The van der Waals surface area contributed by atoms with Crippen molar-refractivity contribution in [3.05, 3.63) is 30.6 Å². The van der Waals surface area contributed by atoms with E-state index in [-0.39, 0.29) is 24.0 Å². The largest absolute Gasteiger partial charge is 0.357 e. The fourth-order valence-corrected chi connectivity index (χ4v) is 1.36. The van der Waals surface area contributed by atoms with E-state index in [2.05, 4.69) is 27.3 Å². The molecule has 0 aliphatic rings. The fraction of sp³-hybridized carbons (Fsp3) is 0.500. The average Bonchev–Trinajstić information content (AvgIpc) is 2.72. The highest BCUT2D eigenvalue weighted by atomic mass is 127. The quantitative estimate of drug-likeness (QED) is 0.349. The van der Waals surface area contributed by atoms with E-state index in [4.69, 9.17) is 0 Å². The number of nitrogens with one attached hydrogen (secondary N) is 2. The van der Waals surface area contributed by atoms with Crippen LogP contribution >= 0.6 is 24.0 Å². The van der Waals surface area contributed by atoms with Crippen molar-refractivity contribution in [3.8, 4) is 0 Å². The maximum absolute atomic E-state index is 4.44. The topological polar surface area (TPSA) is 54.2 Å². The summed E-state index contributed by atoms with van der Waals surface area (Å²) in [6, 6.07) is 0. The van der Waals surface area contributed by atoms with Gasteiger partial charge in [0.25, 0.3) is 0 Å². The molecule has 0 atom stereocenters. The number of aryl methyl sites for hydroxylation is 1. The average molecular weight is 363 g/mol. The van der Waals surface area contributed by atoms with Gasteiger partial charge in [-0.15, -0.1) is 30.6 Å². The van der Waals surface area contributed by atoms with Crippen LogP contribution in [0.3, 0.4) is 0 Å². The number of halogens is 1. The van der Waals surface area contributed by atoms with Gasteiger partial charge in [-0.05, 0) is 19.4 Å². The molecule has 1 rings (SSSR count). The fourth-order valence-electron chi connectivity index (χ4n) is 1.36. The molecular formula is C12H22IN5. The van der Waals surface area contributed by atoms with Gasteiger partial charge in [0.05, 0.1) is 19.3 Å². The van der Waals surface area contributed by atoms with Crippen LogP contribution in [0.5, 0.6) is 0 Å². The summed E-state index contributed by atoms with van der Waals surface area (Å²) < 4.78 is 1.90. The summed E-state index contributed by atoms with van der Waals surface area (Å²) in [4.78, 5) is 4.44. The Kier molecular flexibility index (Phi) is 9.35. The number of rotatable bonds is 6. The lowest BCUT2D eigenvalue weighted by atomic mass is 10.4. The summed E-state index contributed by atoms with van der Waals surface area (Å²) in [5.74, 6) is 0.816. The molecule has 6 heteroatoms. The van der Waals surface area contributed by atoms with Crippen LogP contribution in [0.25, 0.3) is 0 Å². The van der Waals surface area contributed by atoms with Crippen molar-refractivity contribution in [1.29, 1.82) is 0 Å². The first-order chi connectivity index (χ1) is 8.26. The molecule has 0 fully saturated rings. The van der Waals surface area contributed by atoms with Gasteiger partial charge in [-0.3, -0.25) is 9.67 Å². The van der Waals surface area contributed by atoms with E-state index in [1.54, 1.807) is 0 Å². The van der Waals surface area contributed by atoms with E-state index in [1.165, 1.54) is 5.56 Å². The number of hydrogen-bond acceptors (Lipinski definition) is 2. The van der Waals surface area contributed by atoms with Crippen LogP contribution in [-0.4, -0.2) is 35.4 Å². The molecule has 0 bridgehead atoms. The summed E-state index contributed by atoms with van der Waals surface area (Å²) in [5.41, 5.74) is 1.17. The lowest BCUT2D eigenvalue weighted by Gasteiger charge is -2.09. The first kappa shape index (κ1) is 16.9. The van der Waals surface area contributed by atoms with Crippen molar-refractivity contribution in [1.82, 2.24) is 20.4 Å². The molecule has 0 amide bonds. The molecule has 0 unspecified atom stereocenters. The van der Waals surface area contributed by atoms with Crippen LogP contribution < -0.4 is 10.6 Å². The summed E-state index contributed by atoms with van der Waals surface area (Å²) in [7, 11) is 0. The molecule has 0 aliphatic carbocycles. The molecule has 0 spiro atoms. The zero-order valence-corrected chi connectivity index (χ0v) is 13.3. The normalized spacial score (nSPS) is 10.7. The minimum absolute atomic E-state index is 0. The van der Waals surface area contributed by atoms with E-state index in [9.17, 15) is 0 Å². The van der Waals surface area contributed by atoms with Gasteiger partial charge in [0, 0.05) is 19.3 Å². The van der Waals surface area contributed by atoms with Crippen molar-refractivity contribution in [2.24, 2.45) is 4.99 Å². The molecule has 0 aromatic carbocycles. The van der Waals surface area contributed by atoms with E-state index in [0.29, 0.717) is 13.1 Å². The van der Waals surface area contributed by atoms with Crippen LogP contribution in [0.15, 0.2) is 30.0 Å². The second-order valence-corrected chi connectivity index (χ2v) is 3.71.